The van der Waals surface area contributed by atoms with Crippen LogP contribution in [0.2, 0.25) is 0 Å². The van der Waals surface area contributed by atoms with Gasteiger partial charge in [-0.1, -0.05) is 48.0 Å². The summed E-state index contributed by atoms with van der Waals surface area (Å²) < 4.78 is 1.48. The van der Waals surface area contributed by atoms with Crippen LogP contribution in [0.15, 0.2) is 65.7 Å². The normalized spacial score (nSPS) is 13.1. The predicted molar refractivity (Wildman–Crippen MR) is 114 cm³/mol. The lowest BCUT2D eigenvalue weighted by Gasteiger charge is -2.11. The van der Waals surface area contributed by atoms with Gasteiger partial charge in [-0.3, -0.25) is 19.0 Å². The van der Waals surface area contributed by atoms with Crippen molar-refractivity contribution < 1.29 is 9.59 Å². The van der Waals surface area contributed by atoms with Gasteiger partial charge in [0.25, 0.3) is 11.5 Å². The van der Waals surface area contributed by atoms with Crippen molar-refractivity contribution in [1.82, 2.24) is 14.9 Å². The van der Waals surface area contributed by atoms with Crippen molar-refractivity contribution in [3.05, 3.63) is 99.2 Å². The highest BCUT2D eigenvalue weighted by Crippen LogP contribution is 2.38. The molecule has 0 bridgehead atoms. The molecular formula is C24H23N3O3. The minimum absolute atomic E-state index is 0.115. The van der Waals surface area contributed by atoms with Crippen LogP contribution < -0.4 is 10.9 Å². The van der Waals surface area contributed by atoms with Gasteiger partial charge in [0.05, 0.1) is 17.6 Å². The number of nitrogens with one attached hydrogen (secondary N) is 1. The zero-order valence-electron chi connectivity index (χ0n) is 16.8. The number of benzene rings is 2. The number of hydrogen-bond acceptors (Lipinski definition) is 4. The fourth-order valence-corrected chi connectivity index (χ4v) is 3.33. The molecule has 6 heteroatoms. The van der Waals surface area contributed by atoms with Gasteiger partial charge in [-0.15, -0.1) is 0 Å². The Labute approximate surface area is 174 Å². The molecular weight excluding hydrogens is 378 g/mol. The average Bonchev–Trinajstić information content (AvgIpc) is 3.60. The van der Waals surface area contributed by atoms with Gasteiger partial charge in [0.2, 0.25) is 0 Å². The molecule has 152 valence electrons. The first-order valence-corrected chi connectivity index (χ1v) is 10.1. The van der Waals surface area contributed by atoms with E-state index in [9.17, 15) is 14.4 Å². The molecule has 1 amide bonds. The van der Waals surface area contributed by atoms with Gasteiger partial charge in [-0.25, -0.2) is 4.98 Å². The third-order valence-electron chi connectivity index (χ3n) is 5.26. The molecule has 1 N–H and O–H groups in total. The monoisotopic (exact) mass is 401 g/mol. The van der Waals surface area contributed by atoms with Crippen LogP contribution in [0.3, 0.4) is 0 Å². The van der Waals surface area contributed by atoms with Crippen molar-refractivity contribution in [2.24, 2.45) is 0 Å². The molecule has 1 aliphatic carbocycles. The molecule has 1 fully saturated rings. The molecule has 1 aliphatic rings. The summed E-state index contributed by atoms with van der Waals surface area (Å²) in [7, 11) is 0. The molecule has 0 atom stereocenters. The topological polar surface area (TPSA) is 81.1 Å². The second-order valence-electron chi connectivity index (χ2n) is 7.62. The molecule has 6 nitrogen and oxygen atoms in total. The van der Waals surface area contributed by atoms with Crippen molar-refractivity contribution in [2.45, 2.75) is 32.2 Å². The first-order valence-electron chi connectivity index (χ1n) is 10.1. The molecule has 0 radical (unpaired) electrons. The van der Waals surface area contributed by atoms with Gasteiger partial charge < -0.3 is 5.32 Å². The smallest absolute Gasteiger partial charge is 0.253 e. The van der Waals surface area contributed by atoms with E-state index in [1.54, 1.807) is 42.5 Å². The summed E-state index contributed by atoms with van der Waals surface area (Å²) in [5.74, 6) is -0.117. The van der Waals surface area contributed by atoms with Crippen molar-refractivity contribution in [3.63, 3.8) is 0 Å². The lowest BCUT2D eigenvalue weighted by atomic mass is 9.97. The summed E-state index contributed by atoms with van der Waals surface area (Å²) in [4.78, 5) is 42.1. The Morgan fingerprint density at radius 2 is 1.77 bits per heavy atom. The van der Waals surface area contributed by atoms with Crippen molar-refractivity contribution in [2.75, 3.05) is 6.54 Å². The molecule has 3 aromatic rings. The van der Waals surface area contributed by atoms with Crippen LogP contribution in [0.4, 0.5) is 0 Å². The summed E-state index contributed by atoms with van der Waals surface area (Å²) in [5, 5.41) is 2.80. The number of hydrogen-bond donors (Lipinski definition) is 1. The van der Waals surface area contributed by atoms with E-state index in [1.807, 2.05) is 19.1 Å². The lowest BCUT2D eigenvalue weighted by molar-refractivity contribution is 0.0940. The first-order chi connectivity index (χ1) is 14.5. The molecule has 1 saturated carbocycles. The van der Waals surface area contributed by atoms with E-state index >= 15 is 0 Å². The van der Waals surface area contributed by atoms with E-state index in [-0.39, 0.29) is 23.8 Å². The molecule has 4 rings (SSSR count). The van der Waals surface area contributed by atoms with E-state index in [1.165, 1.54) is 10.9 Å². The second kappa shape index (κ2) is 8.45. The molecule has 30 heavy (non-hydrogen) atoms. The number of amides is 1. The maximum Gasteiger partial charge on any atom is 0.253 e. The fourth-order valence-electron chi connectivity index (χ4n) is 3.33. The maximum atomic E-state index is 12.9. The highest BCUT2D eigenvalue weighted by Gasteiger charge is 2.25. The minimum Gasteiger partial charge on any atom is -0.350 e. The highest BCUT2D eigenvalue weighted by molar-refractivity contribution is 6.15. The zero-order valence-corrected chi connectivity index (χ0v) is 16.8. The Balaban J connectivity index is 1.43. The number of carbonyl (C=O) groups excluding carboxylic acids is 2. The number of aryl methyl sites for hydroxylation is 1. The minimum atomic E-state index is -0.346. The molecule has 0 saturated heterocycles. The largest absolute Gasteiger partial charge is 0.350 e. The van der Waals surface area contributed by atoms with Gasteiger partial charge in [0, 0.05) is 36.2 Å². The zero-order chi connectivity index (χ0) is 21.1. The maximum absolute atomic E-state index is 12.9. The molecule has 1 heterocycles. The Morgan fingerprint density at radius 1 is 1.07 bits per heavy atom. The van der Waals surface area contributed by atoms with Gasteiger partial charge in [-0.2, -0.15) is 0 Å². The van der Waals surface area contributed by atoms with Crippen molar-refractivity contribution in [1.29, 1.82) is 0 Å². The van der Waals surface area contributed by atoms with E-state index in [2.05, 4.69) is 10.3 Å². The van der Waals surface area contributed by atoms with E-state index in [0.29, 0.717) is 29.2 Å². The number of nitrogens with zero attached hydrogens (tertiary/aromatic N) is 2. The van der Waals surface area contributed by atoms with E-state index < -0.39 is 0 Å². The Kier molecular flexibility index (Phi) is 5.57. The molecule has 1 aromatic heterocycles. The number of rotatable bonds is 7. The van der Waals surface area contributed by atoms with Gasteiger partial charge in [0.15, 0.2) is 5.78 Å². The lowest BCUT2D eigenvalue weighted by Crippen LogP contribution is -2.31. The fraction of sp³-hybridized carbons (Fsp3) is 0.250. The first kappa shape index (κ1) is 19.8. The van der Waals surface area contributed by atoms with Crippen LogP contribution in [-0.4, -0.2) is 27.8 Å². The average molecular weight is 401 g/mol. The van der Waals surface area contributed by atoms with Gasteiger partial charge >= 0.3 is 0 Å². The Bertz CT molecular complexity index is 1140. The third-order valence-corrected chi connectivity index (χ3v) is 5.26. The third kappa shape index (κ3) is 4.38. The van der Waals surface area contributed by atoms with Crippen LogP contribution in [0.5, 0.6) is 0 Å². The van der Waals surface area contributed by atoms with Crippen LogP contribution >= 0.6 is 0 Å². The molecule has 0 unspecified atom stereocenters. The van der Waals surface area contributed by atoms with Crippen LogP contribution in [0.25, 0.3) is 0 Å². The second-order valence-corrected chi connectivity index (χ2v) is 7.62. The summed E-state index contributed by atoms with van der Waals surface area (Å²) in [6.07, 6.45) is 3.72. The molecule has 0 spiro atoms. The van der Waals surface area contributed by atoms with E-state index in [4.69, 9.17) is 0 Å². The summed E-state index contributed by atoms with van der Waals surface area (Å²) in [6, 6.07) is 15.6. The van der Waals surface area contributed by atoms with Gasteiger partial charge in [0.1, 0.15) is 0 Å². The van der Waals surface area contributed by atoms with E-state index in [0.717, 1.165) is 24.1 Å². The highest BCUT2D eigenvalue weighted by atomic mass is 16.2. The molecule has 0 aliphatic heterocycles. The number of aromatic nitrogens is 2. The Morgan fingerprint density at radius 3 is 2.43 bits per heavy atom. The number of carbonyl (C=O) groups is 2. The summed E-state index contributed by atoms with van der Waals surface area (Å²) in [5.41, 5.74) is 3.01. The van der Waals surface area contributed by atoms with Gasteiger partial charge in [-0.05, 0) is 25.8 Å². The quantitative estimate of drug-likeness (QED) is 0.617. The van der Waals surface area contributed by atoms with Crippen LogP contribution in [0, 0.1) is 6.92 Å². The molecule has 2 aromatic carbocycles. The SMILES string of the molecule is Cc1ccc(C(=O)c2ccccc2C(=O)NCCn2cnc(C3CC3)cc2=O)cc1. The van der Waals surface area contributed by atoms with Crippen molar-refractivity contribution in [3.8, 4) is 0 Å². The summed E-state index contributed by atoms with van der Waals surface area (Å²) in [6.45, 7) is 2.53. The Hall–Kier alpha value is -3.54. The van der Waals surface area contributed by atoms with Crippen LogP contribution in [-0.2, 0) is 6.54 Å². The van der Waals surface area contributed by atoms with Crippen LogP contribution in [0.1, 0.15) is 56.3 Å². The number of ketones is 1. The van der Waals surface area contributed by atoms with Crippen molar-refractivity contribution >= 4 is 11.7 Å². The standard InChI is InChI=1S/C24H23N3O3/c1-16-6-8-18(9-7-16)23(29)19-4-2-3-5-20(19)24(30)25-12-13-27-15-26-21(14-22(27)28)17-10-11-17/h2-9,14-15,17H,10-13H2,1H3,(H,25,30). The summed E-state index contributed by atoms with van der Waals surface area (Å²) >= 11 is 0. The predicted octanol–water partition coefficient (Wildman–Crippen LogP) is 3.09.